The summed E-state index contributed by atoms with van der Waals surface area (Å²) in [4.78, 5) is 16.7. The maximum absolute atomic E-state index is 12.6. The molecular formula is C24H26N4O2. The Labute approximate surface area is 177 Å². The summed E-state index contributed by atoms with van der Waals surface area (Å²) >= 11 is 0. The zero-order valence-corrected chi connectivity index (χ0v) is 17.4. The lowest BCUT2D eigenvalue weighted by Crippen LogP contribution is -2.49. The summed E-state index contributed by atoms with van der Waals surface area (Å²) in [6, 6.07) is 19.9. The standard InChI is InChI=1S/C24H26N4O2/c1-18-3-5-19(6-4-18)17-24(29)28-15-13-27(14-16-28)23-12-11-22(25-26-23)20-7-9-21(30-2)10-8-20/h3-12H,13-17H2,1-2H3. The average molecular weight is 402 g/mol. The summed E-state index contributed by atoms with van der Waals surface area (Å²) in [5.41, 5.74) is 4.10. The molecule has 6 heteroatoms. The number of anilines is 1. The van der Waals surface area contributed by atoms with Gasteiger partial charge in [0, 0.05) is 31.7 Å². The van der Waals surface area contributed by atoms with Gasteiger partial charge in [-0.15, -0.1) is 10.2 Å². The normalized spacial score (nSPS) is 13.9. The fraction of sp³-hybridized carbons (Fsp3) is 0.292. The molecule has 0 aliphatic carbocycles. The zero-order valence-electron chi connectivity index (χ0n) is 17.4. The Balaban J connectivity index is 1.33. The second kappa shape index (κ2) is 8.95. The van der Waals surface area contributed by atoms with Crippen molar-refractivity contribution in [2.75, 3.05) is 38.2 Å². The van der Waals surface area contributed by atoms with Crippen LogP contribution in [0.15, 0.2) is 60.7 Å². The van der Waals surface area contributed by atoms with E-state index in [9.17, 15) is 4.79 Å². The number of methoxy groups -OCH3 is 1. The van der Waals surface area contributed by atoms with E-state index in [4.69, 9.17) is 4.74 Å². The largest absolute Gasteiger partial charge is 0.497 e. The van der Waals surface area contributed by atoms with Gasteiger partial charge in [-0.3, -0.25) is 4.79 Å². The van der Waals surface area contributed by atoms with Crippen LogP contribution in [0.4, 0.5) is 5.82 Å². The first-order valence-corrected chi connectivity index (χ1v) is 10.2. The Morgan fingerprint density at radius 2 is 1.60 bits per heavy atom. The summed E-state index contributed by atoms with van der Waals surface area (Å²) in [6.45, 7) is 4.98. The summed E-state index contributed by atoms with van der Waals surface area (Å²) < 4.78 is 5.20. The second-order valence-corrected chi connectivity index (χ2v) is 7.54. The quantitative estimate of drug-likeness (QED) is 0.655. The van der Waals surface area contributed by atoms with Gasteiger partial charge in [-0.2, -0.15) is 0 Å². The maximum atomic E-state index is 12.6. The molecule has 0 bridgehead atoms. The molecule has 6 nitrogen and oxygen atoms in total. The minimum absolute atomic E-state index is 0.180. The third-order valence-corrected chi connectivity index (χ3v) is 5.47. The van der Waals surface area contributed by atoms with Crippen molar-refractivity contribution in [1.82, 2.24) is 15.1 Å². The summed E-state index contributed by atoms with van der Waals surface area (Å²) in [5, 5.41) is 8.79. The predicted octanol–water partition coefficient (Wildman–Crippen LogP) is 3.35. The number of amides is 1. The van der Waals surface area contributed by atoms with Gasteiger partial charge >= 0.3 is 0 Å². The molecule has 1 aliphatic heterocycles. The van der Waals surface area contributed by atoms with E-state index >= 15 is 0 Å². The number of benzene rings is 2. The molecule has 1 amide bonds. The first kappa shape index (κ1) is 19.9. The molecule has 2 heterocycles. The van der Waals surface area contributed by atoms with Crippen molar-refractivity contribution in [2.45, 2.75) is 13.3 Å². The van der Waals surface area contributed by atoms with Gasteiger partial charge in [-0.1, -0.05) is 29.8 Å². The van der Waals surface area contributed by atoms with Gasteiger partial charge < -0.3 is 14.5 Å². The van der Waals surface area contributed by atoms with Crippen LogP contribution in [0, 0.1) is 6.92 Å². The topological polar surface area (TPSA) is 58.6 Å². The van der Waals surface area contributed by atoms with E-state index in [0.29, 0.717) is 19.5 Å². The van der Waals surface area contributed by atoms with E-state index in [-0.39, 0.29) is 5.91 Å². The summed E-state index contributed by atoms with van der Waals surface area (Å²) in [5.74, 6) is 1.84. The minimum atomic E-state index is 0.180. The van der Waals surface area contributed by atoms with Crippen LogP contribution in [-0.4, -0.2) is 54.3 Å². The Hall–Kier alpha value is -3.41. The van der Waals surface area contributed by atoms with Crippen LogP contribution in [0.1, 0.15) is 11.1 Å². The fourth-order valence-corrected chi connectivity index (χ4v) is 3.59. The zero-order chi connectivity index (χ0) is 20.9. The van der Waals surface area contributed by atoms with Crippen LogP contribution in [0.25, 0.3) is 11.3 Å². The first-order valence-electron chi connectivity index (χ1n) is 10.2. The lowest BCUT2D eigenvalue weighted by atomic mass is 10.1. The average Bonchev–Trinajstić information content (AvgIpc) is 2.81. The number of rotatable bonds is 5. The number of aromatic nitrogens is 2. The third kappa shape index (κ3) is 4.59. The lowest BCUT2D eigenvalue weighted by Gasteiger charge is -2.35. The molecule has 1 saturated heterocycles. The molecule has 0 unspecified atom stereocenters. The Bertz CT molecular complexity index is 977. The summed E-state index contributed by atoms with van der Waals surface area (Å²) in [6.07, 6.45) is 0.455. The Morgan fingerprint density at radius 3 is 2.20 bits per heavy atom. The molecular weight excluding hydrogens is 376 g/mol. The van der Waals surface area contributed by atoms with Gasteiger partial charge in [-0.05, 0) is 48.9 Å². The summed E-state index contributed by atoms with van der Waals surface area (Å²) in [7, 11) is 1.65. The van der Waals surface area contributed by atoms with Crippen molar-refractivity contribution in [1.29, 1.82) is 0 Å². The predicted molar refractivity (Wildman–Crippen MR) is 118 cm³/mol. The second-order valence-electron chi connectivity index (χ2n) is 7.54. The highest BCUT2D eigenvalue weighted by Crippen LogP contribution is 2.22. The van der Waals surface area contributed by atoms with Gasteiger partial charge in [0.05, 0.1) is 19.2 Å². The van der Waals surface area contributed by atoms with Crippen LogP contribution in [0.3, 0.4) is 0 Å². The van der Waals surface area contributed by atoms with E-state index in [1.807, 2.05) is 53.4 Å². The van der Waals surface area contributed by atoms with E-state index in [2.05, 4.69) is 34.2 Å². The monoisotopic (exact) mass is 402 g/mol. The number of nitrogens with zero attached hydrogens (tertiary/aromatic N) is 4. The van der Waals surface area contributed by atoms with Crippen molar-refractivity contribution in [3.63, 3.8) is 0 Å². The van der Waals surface area contributed by atoms with E-state index in [0.717, 1.165) is 41.5 Å². The molecule has 0 atom stereocenters. The van der Waals surface area contributed by atoms with Crippen LogP contribution in [-0.2, 0) is 11.2 Å². The van der Waals surface area contributed by atoms with Crippen molar-refractivity contribution in [2.24, 2.45) is 0 Å². The van der Waals surface area contributed by atoms with Crippen LogP contribution < -0.4 is 9.64 Å². The Morgan fingerprint density at radius 1 is 0.900 bits per heavy atom. The molecule has 0 saturated carbocycles. The number of carbonyl (C=O) groups is 1. The number of ether oxygens (including phenoxy) is 1. The molecule has 1 aromatic heterocycles. The number of hydrogen-bond donors (Lipinski definition) is 0. The molecule has 3 aromatic rings. The molecule has 0 spiro atoms. The third-order valence-electron chi connectivity index (χ3n) is 5.47. The van der Waals surface area contributed by atoms with E-state index < -0.39 is 0 Å². The molecule has 1 aliphatic rings. The highest BCUT2D eigenvalue weighted by molar-refractivity contribution is 5.79. The molecule has 0 N–H and O–H groups in total. The van der Waals surface area contributed by atoms with Gasteiger partial charge in [0.2, 0.25) is 5.91 Å². The number of hydrogen-bond acceptors (Lipinski definition) is 5. The molecule has 30 heavy (non-hydrogen) atoms. The maximum Gasteiger partial charge on any atom is 0.227 e. The smallest absolute Gasteiger partial charge is 0.227 e. The van der Waals surface area contributed by atoms with Crippen LogP contribution in [0.2, 0.25) is 0 Å². The number of carbonyl (C=O) groups excluding carboxylic acids is 1. The van der Waals surface area contributed by atoms with Gasteiger partial charge in [-0.25, -0.2) is 0 Å². The fourth-order valence-electron chi connectivity index (χ4n) is 3.59. The van der Waals surface area contributed by atoms with Gasteiger partial charge in [0.1, 0.15) is 5.75 Å². The number of aryl methyl sites for hydroxylation is 1. The van der Waals surface area contributed by atoms with Crippen molar-refractivity contribution >= 4 is 11.7 Å². The van der Waals surface area contributed by atoms with Gasteiger partial charge in [0.15, 0.2) is 5.82 Å². The van der Waals surface area contributed by atoms with Gasteiger partial charge in [0.25, 0.3) is 0 Å². The molecule has 2 aromatic carbocycles. The van der Waals surface area contributed by atoms with Crippen molar-refractivity contribution in [3.05, 3.63) is 71.8 Å². The van der Waals surface area contributed by atoms with E-state index in [1.54, 1.807) is 7.11 Å². The van der Waals surface area contributed by atoms with E-state index in [1.165, 1.54) is 5.56 Å². The molecule has 4 rings (SSSR count). The highest BCUT2D eigenvalue weighted by atomic mass is 16.5. The van der Waals surface area contributed by atoms with Crippen LogP contribution >= 0.6 is 0 Å². The molecule has 1 fully saturated rings. The van der Waals surface area contributed by atoms with Crippen molar-refractivity contribution in [3.8, 4) is 17.0 Å². The number of piperazine rings is 1. The lowest BCUT2D eigenvalue weighted by molar-refractivity contribution is -0.130. The first-order chi connectivity index (χ1) is 14.6. The van der Waals surface area contributed by atoms with Crippen molar-refractivity contribution < 1.29 is 9.53 Å². The Kier molecular flexibility index (Phi) is 5.93. The molecule has 0 radical (unpaired) electrons. The highest BCUT2D eigenvalue weighted by Gasteiger charge is 2.22. The SMILES string of the molecule is COc1ccc(-c2ccc(N3CCN(C(=O)Cc4ccc(C)cc4)CC3)nn2)cc1. The van der Waals surface area contributed by atoms with Crippen LogP contribution in [0.5, 0.6) is 5.75 Å². The minimum Gasteiger partial charge on any atom is -0.497 e. The molecule has 154 valence electrons.